The number of nitrogens with zero attached hydrogens (tertiary/aromatic N) is 2. The largest absolute Gasteiger partial charge is 0.393 e. The zero-order valence-corrected chi connectivity index (χ0v) is 19.5. The van der Waals surface area contributed by atoms with Crippen LogP contribution < -0.4 is 10.2 Å². The predicted octanol–water partition coefficient (Wildman–Crippen LogP) is 5.94. The lowest BCUT2D eigenvalue weighted by molar-refractivity contribution is -0.108. The topological polar surface area (TPSA) is 65.5 Å². The van der Waals surface area contributed by atoms with Crippen LogP contribution in [0, 0.1) is 5.92 Å². The fourth-order valence-corrected chi connectivity index (χ4v) is 4.42. The van der Waals surface area contributed by atoms with Crippen molar-refractivity contribution in [2.45, 2.75) is 70.9 Å². The van der Waals surface area contributed by atoms with Gasteiger partial charge in [-0.25, -0.2) is 4.98 Å². The van der Waals surface area contributed by atoms with Crippen LogP contribution in [0.1, 0.15) is 64.4 Å². The van der Waals surface area contributed by atoms with E-state index in [0.29, 0.717) is 23.5 Å². The summed E-state index contributed by atoms with van der Waals surface area (Å²) >= 11 is 5.97. The van der Waals surface area contributed by atoms with E-state index < -0.39 is 0 Å². The summed E-state index contributed by atoms with van der Waals surface area (Å²) in [5.74, 6) is 0.657. The highest BCUT2D eigenvalue weighted by Gasteiger charge is 2.27. The number of halogens is 1. The van der Waals surface area contributed by atoms with Crippen molar-refractivity contribution in [3.05, 3.63) is 47.2 Å². The van der Waals surface area contributed by atoms with Crippen molar-refractivity contribution < 1.29 is 9.90 Å². The Morgan fingerprint density at radius 1 is 1.19 bits per heavy atom. The van der Waals surface area contributed by atoms with Crippen LogP contribution in [0.25, 0.3) is 0 Å². The predicted molar refractivity (Wildman–Crippen MR) is 129 cm³/mol. The Morgan fingerprint density at radius 3 is 2.55 bits per heavy atom. The molecule has 0 saturated heterocycles. The Morgan fingerprint density at radius 2 is 1.94 bits per heavy atom. The molecule has 0 spiro atoms. The molecule has 1 atom stereocenters. The summed E-state index contributed by atoms with van der Waals surface area (Å²) in [7, 11) is 0. The van der Waals surface area contributed by atoms with E-state index in [0.717, 1.165) is 61.1 Å². The van der Waals surface area contributed by atoms with Gasteiger partial charge in [0.1, 0.15) is 11.4 Å². The lowest BCUT2D eigenvalue weighted by Gasteiger charge is -2.39. The molecule has 5 nitrogen and oxygen atoms in total. The second-order valence-corrected chi connectivity index (χ2v) is 9.47. The first kappa shape index (κ1) is 23.6. The van der Waals surface area contributed by atoms with E-state index in [1.54, 1.807) is 12.3 Å². The second kappa shape index (κ2) is 11.0. The van der Waals surface area contributed by atoms with Crippen LogP contribution >= 0.6 is 11.6 Å². The third-order valence-corrected chi connectivity index (χ3v) is 6.25. The summed E-state index contributed by atoms with van der Waals surface area (Å²) < 4.78 is 0. The van der Waals surface area contributed by atoms with Gasteiger partial charge in [-0.05, 0) is 67.3 Å². The highest BCUT2D eigenvalue weighted by molar-refractivity contribution is 6.29. The van der Waals surface area contributed by atoms with E-state index >= 15 is 0 Å². The molecule has 2 N–H and O–H groups in total. The van der Waals surface area contributed by atoms with E-state index in [4.69, 9.17) is 11.6 Å². The van der Waals surface area contributed by atoms with Gasteiger partial charge in [-0.3, -0.25) is 0 Å². The van der Waals surface area contributed by atoms with E-state index in [-0.39, 0.29) is 12.0 Å². The Kier molecular flexibility index (Phi) is 8.33. The minimum atomic E-state index is -0.179. The summed E-state index contributed by atoms with van der Waals surface area (Å²) in [5, 5.41) is 14.0. The Balaban J connectivity index is 1.99. The summed E-state index contributed by atoms with van der Waals surface area (Å²) in [4.78, 5) is 17.8. The number of aromatic nitrogens is 1. The van der Waals surface area contributed by atoms with Crippen LogP contribution in [0.5, 0.6) is 0 Å². The number of carbonyl (C=O) groups excluding carboxylic acids is 1. The number of rotatable bonds is 9. The van der Waals surface area contributed by atoms with Crippen LogP contribution in [0.4, 0.5) is 17.1 Å². The number of pyridine rings is 1. The number of anilines is 3. The molecule has 1 aromatic heterocycles. The maximum Gasteiger partial charge on any atom is 0.129 e. The fourth-order valence-electron chi connectivity index (χ4n) is 4.30. The Bertz CT molecular complexity index is 848. The molecule has 0 bridgehead atoms. The normalized spacial score (nSPS) is 19.8. The summed E-state index contributed by atoms with van der Waals surface area (Å²) in [6.45, 7) is 7.49. The first-order valence-corrected chi connectivity index (χ1v) is 11.7. The summed E-state index contributed by atoms with van der Waals surface area (Å²) in [6, 6.07) is 10.6. The van der Waals surface area contributed by atoms with Gasteiger partial charge in [0, 0.05) is 19.0 Å². The molecule has 1 fully saturated rings. The van der Waals surface area contributed by atoms with Crippen LogP contribution in [0.2, 0.25) is 5.15 Å². The zero-order valence-electron chi connectivity index (χ0n) is 18.7. The van der Waals surface area contributed by atoms with Crippen molar-refractivity contribution >= 4 is 34.9 Å². The second-order valence-electron chi connectivity index (χ2n) is 9.08. The highest BCUT2D eigenvalue weighted by Crippen LogP contribution is 2.37. The number of aldehydes is 1. The Labute approximate surface area is 190 Å². The number of carbonyl (C=O) groups is 1. The van der Waals surface area contributed by atoms with E-state index in [1.807, 2.05) is 6.07 Å². The van der Waals surface area contributed by atoms with Gasteiger partial charge in [-0.15, -0.1) is 0 Å². The monoisotopic (exact) mass is 443 g/mol. The van der Waals surface area contributed by atoms with Gasteiger partial charge >= 0.3 is 0 Å². The maximum atomic E-state index is 11.1. The van der Waals surface area contributed by atoms with Crippen molar-refractivity contribution in [1.82, 2.24) is 4.98 Å². The maximum absolute atomic E-state index is 11.1. The molecule has 0 amide bonds. The van der Waals surface area contributed by atoms with Gasteiger partial charge in [-0.2, -0.15) is 0 Å². The lowest BCUT2D eigenvalue weighted by Crippen LogP contribution is -2.41. The van der Waals surface area contributed by atoms with Gasteiger partial charge < -0.3 is 20.1 Å². The fraction of sp³-hybridized carbons (Fsp3) is 0.520. The molecular weight excluding hydrogens is 410 g/mol. The molecular formula is C25H34ClN3O2. The van der Waals surface area contributed by atoms with Crippen molar-refractivity contribution in [2.24, 2.45) is 5.92 Å². The lowest BCUT2D eigenvalue weighted by atomic mass is 9.90. The van der Waals surface area contributed by atoms with Crippen molar-refractivity contribution in [3.63, 3.8) is 0 Å². The molecule has 3 rings (SSSR count). The average Bonchev–Trinajstić information content (AvgIpc) is 2.74. The van der Waals surface area contributed by atoms with Crippen LogP contribution in [-0.4, -0.2) is 35.1 Å². The molecule has 0 aliphatic heterocycles. The molecule has 1 aliphatic rings. The van der Waals surface area contributed by atoms with Crippen LogP contribution in [0.15, 0.2) is 36.5 Å². The molecule has 31 heavy (non-hydrogen) atoms. The van der Waals surface area contributed by atoms with E-state index in [2.05, 4.69) is 54.2 Å². The summed E-state index contributed by atoms with van der Waals surface area (Å²) in [6.07, 6.45) is 6.69. The standard InChI is InChI=1S/C25H34ClN3O2/c1-17(2)16-29(21-6-8-22(31)9-7-21)24-10-4-19(18(3)12-13-30)14-23(24)28-20-5-11-25(26)27-15-20/h4-5,10-11,13-15,17-18,21-22,28,31H,6-9,12,16H2,1-3H3. The average molecular weight is 444 g/mol. The third-order valence-electron chi connectivity index (χ3n) is 6.02. The molecule has 1 aliphatic carbocycles. The highest BCUT2D eigenvalue weighted by atomic mass is 35.5. The number of hydrogen-bond donors (Lipinski definition) is 2. The number of aliphatic hydroxyl groups excluding tert-OH is 1. The molecule has 2 aromatic rings. The van der Waals surface area contributed by atoms with Gasteiger partial charge in [0.25, 0.3) is 0 Å². The summed E-state index contributed by atoms with van der Waals surface area (Å²) in [5.41, 5.74) is 4.15. The van der Waals surface area contributed by atoms with Gasteiger partial charge in [0.15, 0.2) is 0 Å². The number of aliphatic hydroxyl groups is 1. The molecule has 0 radical (unpaired) electrons. The number of nitrogens with one attached hydrogen (secondary N) is 1. The van der Waals surface area contributed by atoms with Crippen molar-refractivity contribution in [2.75, 3.05) is 16.8 Å². The van der Waals surface area contributed by atoms with Crippen LogP contribution in [-0.2, 0) is 4.79 Å². The number of benzene rings is 1. The zero-order chi connectivity index (χ0) is 22.4. The smallest absolute Gasteiger partial charge is 0.129 e. The van der Waals surface area contributed by atoms with E-state index in [1.165, 1.54) is 0 Å². The first-order valence-electron chi connectivity index (χ1n) is 11.3. The molecule has 1 unspecified atom stereocenters. The third kappa shape index (κ3) is 6.44. The minimum Gasteiger partial charge on any atom is -0.393 e. The van der Waals surface area contributed by atoms with Gasteiger partial charge in [0.05, 0.1) is 29.4 Å². The molecule has 1 aromatic carbocycles. The first-order chi connectivity index (χ1) is 14.9. The van der Waals surface area contributed by atoms with E-state index in [9.17, 15) is 9.90 Å². The van der Waals surface area contributed by atoms with Crippen LogP contribution in [0.3, 0.4) is 0 Å². The molecule has 6 heteroatoms. The molecule has 168 valence electrons. The van der Waals surface area contributed by atoms with Crippen molar-refractivity contribution in [1.29, 1.82) is 0 Å². The molecule has 1 heterocycles. The minimum absolute atomic E-state index is 0.152. The number of hydrogen-bond acceptors (Lipinski definition) is 5. The SMILES string of the molecule is CC(C)CN(c1ccc(C(C)CC=O)cc1Nc1ccc(Cl)nc1)C1CCC(O)CC1. The van der Waals surface area contributed by atoms with Crippen molar-refractivity contribution in [3.8, 4) is 0 Å². The molecule has 1 saturated carbocycles. The quantitative estimate of drug-likeness (QED) is 0.371. The van der Waals surface area contributed by atoms with Gasteiger partial charge in [0.2, 0.25) is 0 Å². The Hall–Kier alpha value is -2.11. The van der Waals surface area contributed by atoms with Gasteiger partial charge in [-0.1, -0.05) is 38.4 Å².